The molecule has 0 fully saturated rings. The van der Waals surface area contributed by atoms with Crippen LogP contribution in [0.2, 0.25) is 0 Å². The van der Waals surface area contributed by atoms with E-state index in [1.807, 2.05) is 0 Å². The molecule has 1 unspecified atom stereocenters. The summed E-state index contributed by atoms with van der Waals surface area (Å²) in [6.45, 7) is 0.957. The number of unbranched alkanes of at least 4 members (excludes halogenated alkanes) is 5. The summed E-state index contributed by atoms with van der Waals surface area (Å²) in [5.74, 6) is 5.27. The van der Waals surface area contributed by atoms with Crippen molar-refractivity contribution in [2.75, 3.05) is 13.2 Å². The first kappa shape index (κ1) is 17.7. The molecule has 0 aliphatic carbocycles. The minimum Gasteiger partial charge on any atom is -0.370 e. The van der Waals surface area contributed by atoms with Crippen molar-refractivity contribution in [2.45, 2.75) is 64.1 Å². The number of alkyl halides is 3. The summed E-state index contributed by atoms with van der Waals surface area (Å²) < 4.78 is 40.2. The van der Waals surface area contributed by atoms with Crippen molar-refractivity contribution in [1.82, 2.24) is 5.43 Å². The fraction of sp³-hybridized carbons (Fsp3) is 1.00. The van der Waals surface area contributed by atoms with Crippen molar-refractivity contribution in [3.8, 4) is 0 Å². The van der Waals surface area contributed by atoms with Gasteiger partial charge in [0.2, 0.25) is 0 Å². The third kappa shape index (κ3) is 12.1. The third-order valence-corrected chi connectivity index (χ3v) is 2.73. The van der Waals surface area contributed by atoms with Crippen LogP contribution in [0.15, 0.2) is 0 Å². The van der Waals surface area contributed by atoms with Crippen molar-refractivity contribution in [3.63, 3.8) is 0 Å². The Hall–Kier alpha value is -0.330. The Morgan fingerprint density at radius 2 is 1.72 bits per heavy atom. The van der Waals surface area contributed by atoms with E-state index >= 15 is 0 Å². The molecule has 0 saturated heterocycles. The second-order valence-corrected chi connectivity index (χ2v) is 4.55. The Morgan fingerprint density at radius 1 is 1.11 bits per heavy atom. The van der Waals surface area contributed by atoms with E-state index in [2.05, 4.69) is 17.1 Å². The Balaban J connectivity index is 3.47. The molecule has 0 aromatic heterocycles. The van der Waals surface area contributed by atoms with Crippen LogP contribution in [0.25, 0.3) is 0 Å². The van der Waals surface area contributed by atoms with Gasteiger partial charge in [-0.2, -0.15) is 13.2 Å². The van der Waals surface area contributed by atoms with Crippen LogP contribution in [0.5, 0.6) is 0 Å². The van der Waals surface area contributed by atoms with E-state index in [-0.39, 0.29) is 12.6 Å². The number of rotatable bonds is 11. The molecule has 0 rings (SSSR count). The van der Waals surface area contributed by atoms with Crippen molar-refractivity contribution >= 4 is 0 Å². The number of nitrogens with two attached hydrogens (primary N) is 1. The molecule has 0 saturated carbocycles. The summed E-state index contributed by atoms with van der Waals surface area (Å²) in [4.78, 5) is 0. The molecule has 0 aromatic rings. The maximum Gasteiger partial charge on any atom is 0.411 e. The molecule has 0 radical (unpaired) electrons. The van der Waals surface area contributed by atoms with Gasteiger partial charge in [0.1, 0.15) is 6.61 Å². The van der Waals surface area contributed by atoms with E-state index < -0.39 is 12.8 Å². The van der Waals surface area contributed by atoms with Gasteiger partial charge in [-0.25, -0.2) is 0 Å². The van der Waals surface area contributed by atoms with Crippen LogP contribution in [-0.2, 0) is 4.74 Å². The predicted molar refractivity (Wildman–Crippen MR) is 66.0 cm³/mol. The highest BCUT2D eigenvalue weighted by Crippen LogP contribution is 2.15. The quantitative estimate of drug-likeness (QED) is 0.344. The average molecular weight is 270 g/mol. The lowest BCUT2D eigenvalue weighted by molar-refractivity contribution is -0.175. The van der Waals surface area contributed by atoms with E-state index in [0.717, 1.165) is 19.3 Å². The summed E-state index contributed by atoms with van der Waals surface area (Å²) in [5, 5.41) is 0. The molecule has 0 spiro atoms. The summed E-state index contributed by atoms with van der Waals surface area (Å²) in [6.07, 6.45) is 3.40. The van der Waals surface area contributed by atoms with Gasteiger partial charge in [-0.3, -0.25) is 11.3 Å². The molecule has 1 atom stereocenters. The molecule has 3 nitrogen and oxygen atoms in total. The van der Waals surface area contributed by atoms with E-state index in [4.69, 9.17) is 5.84 Å². The number of ether oxygens (including phenoxy) is 1. The average Bonchev–Trinajstić information content (AvgIpc) is 2.29. The lowest BCUT2D eigenvalue weighted by atomic mass is 10.1. The monoisotopic (exact) mass is 270 g/mol. The molecule has 3 N–H and O–H groups in total. The third-order valence-electron chi connectivity index (χ3n) is 2.73. The number of hydrazine groups is 1. The van der Waals surface area contributed by atoms with Crippen LogP contribution < -0.4 is 11.3 Å². The zero-order valence-electron chi connectivity index (χ0n) is 11.1. The Labute approximate surface area is 107 Å². The van der Waals surface area contributed by atoms with E-state index in [1.165, 1.54) is 25.7 Å². The first-order valence-corrected chi connectivity index (χ1v) is 6.60. The summed E-state index contributed by atoms with van der Waals surface area (Å²) in [6, 6.07) is -0.196. The predicted octanol–water partition coefficient (Wildman–Crippen LogP) is 3.15. The second kappa shape index (κ2) is 10.6. The Morgan fingerprint density at radius 3 is 2.28 bits per heavy atom. The lowest BCUT2D eigenvalue weighted by Crippen LogP contribution is -2.39. The molecule has 6 heteroatoms. The maximum absolute atomic E-state index is 11.9. The Kier molecular flexibility index (Phi) is 10.4. The zero-order valence-corrected chi connectivity index (χ0v) is 11.1. The SMILES string of the molecule is CCCCCCCCC(COCC(F)(F)F)NN. The minimum absolute atomic E-state index is 0.00493. The molecular weight excluding hydrogens is 245 g/mol. The highest BCUT2D eigenvalue weighted by molar-refractivity contribution is 4.63. The van der Waals surface area contributed by atoms with Gasteiger partial charge in [0.15, 0.2) is 0 Å². The number of halogens is 3. The van der Waals surface area contributed by atoms with Gasteiger partial charge >= 0.3 is 6.18 Å². The molecule has 18 heavy (non-hydrogen) atoms. The first-order valence-electron chi connectivity index (χ1n) is 6.60. The van der Waals surface area contributed by atoms with Crippen LogP contribution in [0.4, 0.5) is 13.2 Å². The van der Waals surface area contributed by atoms with Gasteiger partial charge in [0, 0.05) is 6.04 Å². The number of hydrogen-bond acceptors (Lipinski definition) is 3. The molecular formula is C12H25F3N2O. The minimum atomic E-state index is -4.26. The first-order chi connectivity index (χ1) is 8.49. The molecule has 0 bridgehead atoms. The zero-order chi connectivity index (χ0) is 13.9. The highest BCUT2D eigenvalue weighted by atomic mass is 19.4. The van der Waals surface area contributed by atoms with Gasteiger partial charge in [-0.1, -0.05) is 45.4 Å². The highest BCUT2D eigenvalue weighted by Gasteiger charge is 2.27. The van der Waals surface area contributed by atoms with Crippen LogP contribution >= 0.6 is 0 Å². The van der Waals surface area contributed by atoms with Gasteiger partial charge in [-0.05, 0) is 6.42 Å². The molecule has 0 aromatic carbocycles. The molecule has 0 aliphatic heterocycles. The lowest BCUT2D eigenvalue weighted by Gasteiger charge is -2.16. The largest absolute Gasteiger partial charge is 0.411 e. The Bertz CT molecular complexity index is 189. The molecule has 0 heterocycles. The van der Waals surface area contributed by atoms with Gasteiger partial charge in [0.05, 0.1) is 6.61 Å². The van der Waals surface area contributed by atoms with Gasteiger partial charge in [-0.15, -0.1) is 0 Å². The van der Waals surface area contributed by atoms with Crippen LogP contribution in [0.3, 0.4) is 0 Å². The standard InChI is InChI=1S/C12H25F3N2O/c1-2-3-4-5-6-7-8-11(17-16)9-18-10-12(13,14)15/h11,17H,2-10,16H2,1H3. The van der Waals surface area contributed by atoms with Crippen molar-refractivity contribution in [2.24, 2.45) is 5.84 Å². The van der Waals surface area contributed by atoms with Gasteiger partial charge in [0.25, 0.3) is 0 Å². The summed E-state index contributed by atoms with van der Waals surface area (Å²) >= 11 is 0. The van der Waals surface area contributed by atoms with Crippen LogP contribution in [0.1, 0.15) is 51.9 Å². The number of hydrogen-bond donors (Lipinski definition) is 2. The molecule has 0 amide bonds. The second-order valence-electron chi connectivity index (χ2n) is 4.55. The van der Waals surface area contributed by atoms with Crippen molar-refractivity contribution in [3.05, 3.63) is 0 Å². The molecule has 110 valence electrons. The summed E-state index contributed by atoms with van der Waals surface area (Å²) in [7, 11) is 0. The normalized spacial score (nSPS) is 13.8. The fourth-order valence-corrected chi connectivity index (χ4v) is 1.70. The smallest absolute Gasteiger partial charge is 0.370 e. The maximum atomic E-state index is 11.9. The van der Waals surface area contributed by atoms with Crippen molar-refractivity contribution < 1.29 is 17.9 Å². The molecule has 0 aliphatic rings. The topological polar surface area (TPSA) is 47.3 Å². The fourth-order valence-electron chi connectivity index (χ4n) is 1.70. The number of nitrogens with one attached hydrogen (secondary N) is 1. The van der Waals surface area contributed by atoms with E-state index in [1.54, 1.807) is 0 Å². The van der Waals surface area contributed by atoms with Crippen LogP contribution in [-0.4, -0.2) is 25.4 Å². The van der Waals surface area contributed by atoms with Gasteiger partial charge < -0.3 is 4.74 Å². The van der Waals surface area contributed by atoms with E-state index in [0.29, 0.717) is 0 Å². The van der Waals surface area contributed by atoms with E-state index in [9.17, 15) is 13.2 Å². The summed E-state index contributed by atoms with van der Waals surface area (Å²) in [5.41, 5.74) is 2.50. The van der Waals surface area contributed by atoms with Crippen molar-refractivity contribution in [1.29, 1.82) is 0 Å². The van der Waals surface area contributed by atoms with Crippen LogP contribution in [0, 0.1) is 0 Å².